The van der Waals surface area contributed by atoms with Crippen LogP contribution in [0, 0.1) is 5.92 Å². The number of methoxy groups -OCH3 is 3. The third-order valence-corrected chi connectivity index (χ3v) is 4.37. The van der Waals surface area contributed by atoms with Crippen molar-refractivity contribution in [1.82, 2.24) is 10.2 Å². The van der Waals surface area contributed by atoms with Gasteiger partial charge in [-0.1, -0.05) is 0 Å². The monoisotopic (exact) mass is 372 g/mol. The summed E-state index contributed by atoms with van der Waals surface area (Å²) in [6, 6.07) is 5.81. The van der Waals surface area contributed by atoms with Gasteiger partial charge in [-0.2, -0.15) is 0 Å². The lowest BCUT2D eigenvalue weighted by atomic mass is 9.97. The van der Waals surface area contributed by atoms with Gasteiger partial charge in [0.1, 0.15) is 11.5 Å². The van der Waals surface area contributed by atoms with E-state index >= 15 is 0 Å². The Morgan fingerprint density at radius 3 is 2.24 bits per heavy atom. The molecule has 1 aromatic rings. The number of nitrogens with one attached hydrogen (secondary N) is 1. The summed E-state index contributed by atoms with van der Waals surface area (Å²) < 4.78 is 15.5. The molecule has 0 radical (unpaired) electrons. The van der Waals surface area contributed by atoms with Gasteiger partial charge in [0, 0.05) is 19.2 Å². The Morgan fingerprint density at radius 2 is 1.72 bits per heavy atom. The third-order valence-electron chi connectivity index (χ3n) is 4.37. The molecular weight excluding hydrogens is 344 g/mol. The van der Waals surface area contributed by atoms with E-state index in [0.717, 1.165) is 49.5 Å². The largest absolute Gasteiger partial charge is 0.497 e. The molecule has 2 rings (SSSR count). The lowest BCUT2D eigenvalue weighted by molar-refractivity contribution is -0.142. The molecule has 1 N–H and O–H groups in total. The molecule has 6 nitrogen and oxygen atoms in total. The number of carbonyl (C=O) groups is 1. The molecule has 0 aliphatic carbocycles. The first kappa shape index (κ1) is 21.5. The van der Waals surface area contributed by atoms with Gasteiger partial charge in [0.25, 0.3) is 0 Å². The number of esters is 1. The normalized spacial score (nSPS) is 14.7. The fourth-order valence-corrected chi connectivity index (χ4v) is 3.08. The van der Waals surface area contributed by atoms with E-state index in [1.54, 1.807) is 14.2 Å². The van der Waals surface area contributed by atoms with E-state index in [4.69, 9.17) is 14.2 Å². The summed E-state index contributed by atoms with van der Waals surface area (Å²) in [4.78, 5) is 13.9. The van der Waals surface area contributed by atoms with E-state index in [1.807, 2.05) is 18.2 Å². The van der Waals surface area contributed by atoms with Crippen LogP contribution in [-0.2, 0) is 16.1 Å². The van der Waals surface area contributed by atoms with Gasteiger partial charge in [0.15, 0.2) is 0 Å². The first-order chi connectivity index (χ1) is 11.6. The number of piperidine rings is 1. The van der Waals surface area contributed by atoms with Crippen LogP contribution in [0.4, 0.5) is 0 Å². The number of benzene rings is 1. The summed E-state index contributed by atoms with van der Waals surface area (Å²) in [5.41, 5.74) is 1.06. The molecule has 7 heteroatoms. The third kappa shape index (κ3) is 7.10. The predicted octanol–water partition coefficient (Wildman–Crippen LogP) is 2.10. The maximum absolute atomic E-state index is 11.8. The van der Waals surface area contributed by atoms with Gasteiger partial charge in [0.2, 0.25) is 0 Å². The van der Waals surface area contributed by atoms with Gasteiger partial charge in [-0.25, -0.2) is 0 Å². The van der Waals surface area contributed by atoms with E-state index in [9.17, 15) is 4.79 Å². The van der Waals surface area contributed by atoms with Gasteiger partial charge in [0.05, 0.1) is 27.9 Å². The van der Waals surface area contributed by atoms with Crippen molar-refractivity contribution >= 4 is 18.4 Å². The number of halogens is 1. The molecule has 0 atom stereocenters. The Kier molecular flexibility index (Phi) is 9.63. The van der Waals surface area contributed by atoms with E-state index in [0.29, 0.717) is 19.0 Å². The molecule has 0 bridgehead atoms. The molecule has 1 saturated heterocycles. The molecule has 0 unspecified atom stereocenters. The lowest BCUT2D eigenvalue weighted by Gasteiger charge is -2.29. The average Bonchev–Trinajstić information content (AvgIpc) is 2.61. The van der Waals surface area contributed by atoms with Gasteiger partial charge >= 0.3 is 5.97 Å². The van der Waals surface area contributed by atoms with Crippen LogP contribution < -0.4 is 14.8 Å². The first-order valence-electron chi connectivity index (χ1n) is 8.36. The molecule has 1 aliphatic heterocycles. The molecule has 0 spiro atoms. The van der Waals surface area contributed by atoms with Gasteiger partial charge in [-0.15, -0.1) is 12.4 Å². The van der Waals surface area contributed by atoms with Crippen LogP contribution in [-0.4, -0.2) is 58.4 Å². The van der Waals surface area contributed by atoms with Crippen LogP contribution in [0.2, 0.25) is 0 Å². The van der Waals surface area contributed by atoms with Crippen molar-refractivity contribution in [3.8, 4) is 11.5 Å². The molecule has 1 aliphatic rings. The minimum Gasteiger partial charge on any atom is -0.497 e. The molecule has 142 valence electrons. The fraction of sp³-hybridized carbons (Fsp3) is 0.611. The van der Waals surface area contributed by atoms with Crippen molar-refractivity contribution < 1.29 is 19.0 Å². The number of rotatable bonds is 8. The Hall–Kier alpha value is -1.50. The minimum atomic E-state index is -0.209. The lowest BCUT2D eigenvalue weighted by Crippen LogP contribution is -2.38. The van der Waals surface area contributed by atoms with E-state index in [2.05, 4.69) is 10.2 Å². The molecule has 1 aromatic carbocycles. The summed E-state index contributed by atoms with van der Waals surface area (Å²) in [6.07, 6.45) is 2.28. The van der Waals surface area contributed by atoms with Gasteiger partial charge in [-0.3, -0.25) is 9.69 Å². The number of hydrogen-bond acceptors (Lipinski definition) is 6. The quantitative estimate of drug-likeness (QED) is 0.705. The standard InChI is InChI=1S/C18H28N2O4.ClH/c1-22-16-8-15(9-17(10-16)23-2)12-20(13-18(21)24-3)11-14-4-6-19-7-5-14;/h8-10,14,19H,4-7,11-13H2,1-3H3;1H. The second kappa shape index (κ2) is 11.2. The van der Waals surface area contributed by atoms with E-state index in [-0.39, 0.29) is 18.4 Å². The molecule has 0 saturated carbocycles. The maximum Gasteiger partial charge on any atom is 0.319 e. The molecule has 0 amide bonds. The minimum absolute atomic E-state index is 0. The molecule has 0 aromatic heterocycles. The summed E-state index contributed by atoms with van der Waals surface area (Å²) in [5, 5.41) is 3.38. The van der Waals surface area contributed by atoms with Crippen molar-refractivity contribution in [2.24, 2.45) is 5.92 Å². The van der Waals surface area contributed by atoms with Crippen LogP contribution in [0.1, 0.15) is 18.4 Å². The van der Waals surface area contributed by atoms with Crippen molar-refractivity contribution in [2.75, 3.05) is 47.5 Å². The summed E-state index contributed by atoms with van der Waals surface area (Å²) in [7, 11) is 4.71. The second-order valence-corrected chi connectivity index (χ2v) is 6.16. The van der Waals surface area contributed by atoms with Gasteiger partial charge < -0.3 is 19.5 Å². The Balaban J connectivity index is 0.00000312. The zero-order valence-corrected chi connectivity index (χ0v) is 16.1. The highest BCUT2D eigenvalue weighted by molar-refractivity contribution is 5.85. The van der Waals surface area contributed by atoms with Crippen molar-refractivity contribution in [3.63, 3.8) is 0 Å². The summed E-state index contributed by atoms with van der Waals surface area (Å²) >= 11 is 0. The van der Waals surface area contributed by atoms with Crippen LogP contribution >= 0.6 is 12.4 Å². The molecule has 1 fully saturated rings. The fourth-order valence-electron chi connectivity index (χ4n) is 3.08. The highest BCUT2D eigenvalue weighted by Gasteiger charge is 2.20. The second-order valence-electron chi connectivity index (χ2n) is 6.16. The summed E-state index contributed by atoms with van der Waals surface area (Å²) in [6.45, 7) is 3.93. The Labute approximate surface area is 156 Å². The number of nitrogens with zero attached hydrogens (tertiary/aromatic N) is 1. The average molecular weight is 373 g/mol. The number of ether oxygens (including phenoxy) is 3. The summed E-state index contributed by atoms with van der Waals surface area (Å²) in [5.74, 6) is 1.90. The van der Waals surface area contributed by atoms with Crippen molar-refractivity contribution in [3.05, 3.63) is 23.8 Å². The first-order valence-corrected chi connectivity index (χ1v) is 8.36. The zero-order valence-electron chi connectivity index (χ0n) is 15.2. The van der Waals surface area contributed by atoms with Crippen LogP contribution in [0.25, 0.3) is 0 Å². The zero-order chi connectivity index (χ0) is 17.4. The van der Waals surface area contributed by atoms with E-state index < -0.39 is 0 Å². The number of carbonyl (C=O) groups excluding carboxylic acids is 1. The molecule has 25 heavy (non-hydrogen) atoms. The van der Waals surface area contributed by atoms with Gasteiger partial charge in [-0.05, 0) is 49.5 Å². The highest BCUT2D eigenvalue weighted by Crippen LogP contribution is 2.24. The van der Waals surface area contributed by atoms with Crippen molar-refractivity contribution in [2.45, 2.75) is 19.4 Å². The topological polar surface area (TPSA) is 60.0 Å². The molecule has 1 heterocycles. The van der Waals surface area contributed by atoms with Crippen LogP contribution in [0.3, 0.4) is 0 Å². The van der Waals surface area contributed by atoms with E-state index in [1.165, 1.54) is 7.11 Å². The van der Waals surface area contributed by atoms with Crippen molar-refractivity contribution in [1.29, 1.82) is 0 Å². The highest BCUT2D eigenvalue weighted by atomic mass is 35.5. The number of hydrogen-bond donors (Lipinski definition) is 1. The van der Waals surface area contributed by atoms with Crippen LogP contribution in [0.5, 0.6) is 11.5 Å². The predicted molar refractivity (Wildman–Crippen MR) is 99.7 cm³/mol. The molecular formula is C18H29ClN2O4. The van der Waals surface area contributed by atoms with Crippen LogP contribution in [0.15, 0.2) is 18.2 Å². The maximum atomic E-state index is 11.8. The Bertz CT molecular complexity index is 514. The Morgan fingerprint density at radius 1 is 1.12 bits per heavy atom. The smallest absolute Gasteiger partial charge is 0.319 e. The SMILES string of the molecule is COC(=O)CN(Cc1cc(OC)cc(OC)c1)CC1CCNCC1.Cl.